The molecule has 28 heavy (non-hydrogen) atoms. The van der Waals surface area contributed by atoms with Crippen molar-refractivity contribution in [2.24, 2.45) is 17.3 Å². The number of nitrogens with one attached hydrogen (secondary N) is 1. The number of hydrogen-bond donors (Lipinski definition) is 1. The van der Waals surface area contributed by atoms with Gasteiger partial charge in [0.05, 0.1) is 5.41 Å². The van der Waals surface area contributed by atoms with Crippen molar-refractivity contribution in [3.8, 4) is 0 Å². The molecule has 0 saturated heterocycles. The summed E-state index contributed by atoms with van der Waals surface area (Å²) < 4.78 is 5.72. The summed E-state index contributed by atoms with van der Waals surface area (Å²) >= 11 is 3.91. The van der Waals surface area contributed by atoms with E-state index in [1.807, 2.05) is 0 Å². The van der Waals surface area contributed by atoms with Gasteiger partial charge >= 0.3 is 5.97 Å². The van der Waals surface area contributed by atoms with Crippen LogP contribution in [0.1, 0.15) is 62.7 Å². The van der Waals surface area contributed by atoms with Crippen molar-refractivity contribution >= 4 is 39.3 Å². The van der Waals surface area contributed by atoms with Crippen molar-refractivity contribution in [3.63, 3.8) is 0 Å². The van der Waals surface area contributed by atoms with Crippen LogP contribution in [-0.4, -0.2) is 28.1 Å². The Bertz CT molecular complexity index is 804. The van der Waals surface area contributed by atoms with Gasteiger partial charge in [-0.2, -0.15) is 0 Å². The Hall–Kier alpha value is -1.69. The predicted octanol–water partition coefficient (Wildman–Crippen LogP) is 4.49. The fraction of sp³-hybridized carbons (Fsp3) is 0.591. The highest BCUT2D eigenvalue weighted by molar-refractivity contribution is 9.10. The summed E-state index contributed by atoms with van der Waals surface area (Å²) in [7, 11) is 0. The lowest BCUT2D eigenvalue weighted by Gasteiger charge is -2.58. The number of anilines is 1. The van der Waals surface area contributed by atoms with Crippen molar-refractivity contribution in [2.75, 3.05) is 5.32 Å². The molecule has 0 heterocycles. The van der Waals surface area contributed by atoms with Gasteiger partial charge in [-0.15, -0.1) is 0 Å². The lowest BCUT2D eigenvalue weighted by Crippen LogP contribution is -2.56. The van der Waals surface area contributed by atoms with Gasteiger partial charge in [0.2, 0.25) is 0 Å². The van der Waals surface area contributed by atoms with Crippen molar-refractivity contribution in [3.05, 3.63) is 29.8 Å². The lowest BCUT2D eigenvalue weighted by atomic mass is 9.49. The van der Waals surface area contributed by atoms with Crippen LogP contribution in [-0.2, 0) is 14.3 Å². The SMILES string of the molecule is CC(=O)c1ccc(NC(=O)[C@@H](C)OC(=O)C23C[C@H]4C[C@@H](CC(Br)(C4)C2)C3)cc1. The molecule has 0 radical (unpaired) electrons. The van der Waals surface area contributed by atoms with Gasteiger partial charge in [0.25, 0.3) is 5.91 Å². The van der Waals surface area contributed by atoms with E-state index in [1.54, 1.807) is 31.2 Å². The Morgan fingerprint density at radius 2 is 1.71 bits per heavy atom. The molecule has 1 amide bonds. The van der Waals surface area contributed by atoms with Crippen molar-refractivity contribution in [1.29, 1.82) is 0 Å². The van der Waals surface area contributed by atoms with E-state index in [9.17, 15) is 14.4 Å². The molecule has 1 aromatic carbocycles. The lowest BCUT2D eigenvalue weighted by molar-refractivity contribution is -0.175. The Labute approximate surface area is 173 Å². The molecular weight excluding hydrogens is 422 g/mol. The Morgan fingerprint density at radius 3 is 2.25 bits per heavy atom. The summed E-state index contributed by atoms with van der Waals surface area (Å²) in [4.78, 5) is 36.9. The zero-order chi connectivity index (χ0) is 20.1. The van der Waals surface area contributed by atoms with Crippen LogP contribution in [0.25, 0.3) is 0 Å². The van der Waals surface area contributed by atoms with Crippen molar-refractivity contribution < 1.29 is 19.1 Å². The predicted molar refractivity (Wildman–Crippen MR) is 109 cm³/mol. The maximum Gasteiger partial charge on any atom is 0.312 e. The number of halogens is 1. The standard InChI is InChI=1S/C22H26BrNO4/c1-13(25)17-3-5-18(6-4-17)24-19(26)14(2)28-20(27)21-8-15-7-16(9-21)11-22(23,10-15)12-21/h3-6,14-16H,7-12H2,1-2H3,(H,24,26)/t14-,15-,16-,21?,22?/m1/s1. The second-order valence-electron chi connectivity index (χ2n) is 9.06. The third-order valence-electron chi connectivity index (χ3n) is 6.63. The molecular formula is C22H26BrNO4. The quantitative estimate of drug-likeness (QED) is 0.409. The summed E-state index contributed by atoms with van der Waals surface area (Å²) in [6, 6.07) is 6.69. The molecule has 0 spiro atoms. The number of benzene rings is 1. The van der Waals surface area contributed by atoms with E-state index in [-0.39, 0.29) is 22.0 Å². The average molecular weight is 448 g/mol. The molecule has 1 aromatic rings. The van der Waals surface area contributed by atoms with Gasteiger partial charge in [-0.25, -0.2) is 0 Å². The molecule has 4 saturated carbocycles. The van der Waals surface area contributed by atoms with Gasteiger partial charge in [-0.05, 0) is 88.5 Å². The second kappa shape index (κ2) is 6.97. The summed E-state index contributed by atoms with van der Waals surface area (Å²) in [6.07, 6.45) is 5.23. The van der Waals surface area contributed by atoms with E-state index < -0.39 is 11.5 Å². The third-order valence-corrected chi connectivity index (χ3v) is 7.56. The van der Waals surface area contributed by atoms with Crippen molar-refractivity contribution in [2.45, 2.75) is 62.8 Å². The highest BCUT2D eigenvalue weighted by Gasteiger charge is 2.60. The second-order valence-corrected chi connectivity index (χ2v) is 10.7. The van der Waals surface area contributed by atoms with Gasteiger partial charge in [0.1, 0.15) is 0 Å². The first-order chi connectivity index (χ1) is 13.2. The van der Waals surface area contributed by atoms with E-state index in [4.69, 9.17) is 4.74 Å². The van der Waals surface area contributed by atoms with E-state index in [0.717, 1.165) is 32.1 Å². The van der Waals surface area contributed by atoms with E-state index in [0.29, 0.717) is 23.1 Å². The van der Waals surface area contributed by atoms with Crippen LogP contribution < -0.4 is 5.32 Å². The van der Waals surface area contributed by atoms with E-state index >= 15 is 0 Å². The largest absolute Gasteiger partial charge is 0.452 e. The molecule has 5 nitrogen and oxygen atoms in total. The number of rotatable bonds is 5. The van der Waals surface area contributed by atoms with E-state index in [1.165, 1.54) is 13.3 Å². The normalized spacial score (nSPS) is 34.0. The molecule has 150 valence electrons. The number of Topliss-reactive ketones (excluding diaryl/α,β-unsaturated/α-hetero) is 1. The maximum atomic E-state index is 13.1. The number of hydrogen-bond acceptors (Lipinski definition) is 4. The van der Waals surface area contributed by atoms with Gasteiger partial charge in [-0.3, -0.25) is 14.4 Å². The first-order valence-electron chi connectivity index (χ1n) is 10.00. The maximum absolute atomic E-state index is 13.1. The summed E-state index contributed by atoms with van der Waals surface area (Å²) in [6.45, 7) is 3.11. The van der Waals surface area contributed by atoms with Crippen LogP contribution in [0.5, 0.6) is 0 Å². The van der Waals surface area contributed by atoms with Crippen molar-refractivity contribution in [1.82, 2.24) is 0 Å². The summed E-state index contributed by atoms with van der Waals surface area (Å²) in [5.41, 5.74) is 0.723. The van der Waals surface area contributed by atoms with Gasteiger partial charge < -0.3 is 10.1 Å². The van der Waals surface area contributed by atoms with Crippen LogP contribution in [0.3, 0.4) is 0 Å². The van der Waals surface area contributed by atoms with E-state index in [2.05, 4.69) is 21.2 Å². The number of amides is 1. The first-order valence-corrected chi connectivity index (χ1v) is 10.8. The molecule has 6 heteroatoms. The smallest absolute Gasteiger partial charge is 0.312 e. The Balaban J connectivity index is 1.39. The fourth-order valence-electron chi connectivity index (χ4n) is 5.76. The first kappa shape index (κ1) is 19.6. The van der Waals surface area contributed by atoms with Gasteiger partial charge in [-0.1, -0.05) is 15.9 Å². The molecule has 4 aliphatic carbocycles. The summed E-state index contributed by atoms with van der Waals surface area (Å²) in [5.74, 6) is 0.553. The van der Waals surface area contributed by atoms with Crippen LogP contribution in [0.4, 0.5) is 5.69 Å². The minimum atomic E-state index is -0.862. The zero-order valence-corrected chi connectivity index (χ0v) is 17.9. The fourth-order valence-corrected chi connectivity index (χ4v) is 7.21. The van der Waals surface area contributed by atoms with Gasteiger partial charge in [0, 0.05) is 15.6 Å². The topological polar surface area (TPSA) is 72.5 Å². The average Bonchev–Trinajstić information content (AvgIpc) is 2.59. The monoisotopic (exact) mass is 447 g/mol. The molecule has 0 aliphatic heterocycles. The molecule has 0 unspecified atom stereocenters. The highest BCUT2D eigenvalue weighted by Crippen LogP contribution is 2.64. The number of ketones is 1. The number of alkyl halides is 1. The number of carbonyl (C=O) groups is 3. The van der Waals surface area contributed by atoms with Crippen LogP contribution in [0.2, 0.25) is 0 Å². The minimum absolute atomic E-state index is 0.0275. The van der Waals surface area contributed by atoms with Crippen LogP contribution >= 0.6 is 15.9 Å². The van der Waals surface area contributed by atoms with Crippen LogP contribution in [0, 0.1) is 17.3 Å². The number of esters is 1. The highest BCUT2D eigenvalue weighted by atomic mass is 79.9. The molecule has 4 fully saturated rings. The van der Waals surface area contributed by atoms with Crippen LogP contribution in [0.15, 0.2) is 24.3 Å². The molecule has 4 aliphatic rings. The molecule has 3 atom stereocenters. The molecule has 0 aromatic heterocycles. The van der Waals surface area contributed by atoms with Gasteiger partial charge in [0.15, 0.2) is 11.9 Å². The third kappa shape index (κ3) is 3.63. The minimum Gasteiger partial charge on any atom is -0.452 e. The number of ether oxygens (including phenoxy) is 1. The zero-order valence-electron chi connectivity index (χ0n) is 16.3. The molecule has 1 N–H and O–H groups in total. The summed E-state index contributed by atoms with van der Waals surface area (Å²) in [5, 5.41) is 2.76. The number of carbonyl (C=O) groups excluding carboxylic acids is 3. The Morgan fingerprint density at radius 1 is 1.11 bits per heavy atom. The molecule has 5 rings (SSSR count). The molecule has 4 bridgehead atoms. The Kier molecular flexibility index (Phi) is 4.89.